The van der Waals surface area contributed by atoms with Crippen molar-refractivity contribution in [2.75, 3.05) is 31.6 Å². The van der Waals surface area contributed by atoms with Gasteiger partial charge in [0.15, 0.2) is 5.65 Å². The third kappa shape index (κ3) is 3.90. The van der Waals surface area contributed by atoms with E-state index < -0.39 is 0 Å². The van der Waals surface area contributed by atoms with Crippen LogP contribution in [-0.4, -0.2) is 57.8 Å². The van der Waals surface area contributed by atoms with Gasteiger partial charge in [0.1, 0.15) is 0 Å². The topological polar surface area (TPSA) is 90.0 Å². The summed E-state index contributed by atoms with van der Waals surface area (Å²) in [5, 5.41) is 10.7. The van der Waals surface area contributed by atoms with Crippen LogP contribution in [-0.2, 0) is 0 Å². The van der Waals surface area contributed by atoms with Crippen LogP contribution in [0.3, 0.4) is 0 Å². The van der Waals surface area contributed by atoms with Crippen molar-refractivity contribution in [3.63, 3.8) is 0 Å². The second kappa shape index (κ2) is 7.71. The first-order valence-corrected chi connectivity index (χ1v) is 9.19. The molecule has 0 atom stereocenters. The van der Waals surface area contributed by atoms with Gasteiger partial charge in [-0.3, -0.25) is 5.10 Å². The molecule has 2 N–H and O–H groups in total. The number of piperidine rings is 1. The number of H-pyrrole nitrogens is 1. The number of para-hydroxylation sites is 1. The SMILES string of the molecule is CN1CCC(CNC(=O)N(c2ccccc2)c2ncc3c[nH]nc3n2)CC1. The third-order valence-electron chi connectivity index (χ3n) is 4.97. The first-order valence-electron chi connectivity index (χ1n) is 9.19. The van der Waals surface area contributed by atoms with Gasteiger partial charge in [-0.05, 0) is 51.0 Å². The molecule has 0 aliphatic carbocycles. The summed E-state index contributed by atoms with van der Waals surface area (Å²) in [6.45, 7) is 2.80. The molecule has 3 heterocycles. The summed E-state index contributed by atoms with van der Waals surface area (Å²) in [6, 6.07) is 9.20. The van der Waals surface area contributed by atoms with Crippen molar-refractivity contribution in [2.24, 2.45) is 5.92 Å². The molecule has 0 bridgehead atoms. The molecule has 0 saturated carbocycles. The lowest BCUT2D eigenvalue weighted by Gasteiger charge is -2.29. The maximum atomic E-state index is 13.0. The molecule has 8 heteroatoms. The Kier molecular flexibility index (Phi) is 4.97. The third-order valence-corrected chi connectivity index (χ3v) is 4.97. The largest absolute Gasteiger partial charge is 0.337 e. The van der Waals surface area contributed by atoms with Crippen molar-refractivity contribution in [1.82, 2.24) is 30.4 Å². The van der Waals surface area contributed by atoms with E-state index >= 15 is 0 Å². The normalized spacial score (nSPS) is 15.7. The van der Waals surface area contributed by atoms with Crippen LogP contribution in [0.4, 0.5) is 16.4 Å². The molecule has 2 amide bonds. The molecular formula is C19H23N7O. The quantitative estimate of drug-likeness (QED) is 0.741. The van der Waals surface area contributed by atoms with Gasteiger partial charge in [-0.1, -0.05) is 18.2 Å². The van der Waals surface area contributed by atoms with Gasteiger partial charge in [0, 0.05) is 18.9 Å². The van der Waals surface area contributed by atoms with Gasteiger partial charge in [0.05, 0.1) is 11.1 Å². The van der Waals surface area contributed by atoms with E-state index in [1.54, 1.807) is 12.4 Å². The number of benzene rings is 1. The van der Waals surface area contributed by atoms with Gasteiger partial charge in [-0.2, -0.15) is 10.1 Å². The van der Waals surface area contributed by atoms with E-state index in [2.05, 4.69) is 37.4 Å². The standard InChI is InChI=1S/C19H23N7O/c1-25-9-7-14(8-10-25)11-21-19(27)26(16-5-3-2-4-6-16)18-20-12-15-13-22-24-17(15)23-18/h2-6,12-14H,7-11H2,1H3,(H,21,27)(H,20,22,23,24). The van der Waals surface area contributed by atoms with Crippen LogP contribution in [0.5, 0.6) is 0 Å². The average Bonchev–Trinajstić information content (AvgIpc) is 3.16. The van der Waals surface area contributed by atoms with Crippen LogP contribution in [0.2, 0.25) is 0 Å². The number of likely N-dealkylation sites (tertiary alicyclic amines) is 1. The molecule has 1 saturated heterocycles. The number of carbonyl (C=O) groups is 1. The summed E-state index contributed by atoms with van der Waals surface area (Å²) in [4.78, 5) is 25.7. The Morgan fingerprint density at radius 1 is 1.30 bits per heavy atom. The number of fused-ring (bicyclic) bond motifs is 1. The summed E-state index contributed by atoms with van der Waals surface area (Å²) in [6.07, 6.45) is 5.59. The number of hydrogen-bond acceptors (Lipinski definition) is 5. The van der Waals surface area contributed by atoms with Gasteiger partial charge in [-0.25, -0.2) is 14.7 Å². The van der Waals surface area contributed by atoms with Crippen LogP contribution in [0.15, 0.2) is 42.7 Å². The van der Waals surface area contributed by atoms with Crippen molar-refractivity contribution < 1.29 is 4.79 Å². The lowest BCUT2D eigenvalue weighted by Crippen LogP contribution is -2.42. The summed E-state index contributed by atoms with van der Waals surface area (Å²) < 4.78 is 0. The van der Waals surface area contributed by atoms with E-state index in [0.29, 0.717) is 29.7 Å². The molecule has 1 aromatic carbocycles. The van der Waals surface area contributed by atoms with E-state index in [4.69, 9.17) is 0 Å². The Balaban J connectivity index is 1.55. The van der Waals surface area contributed by atoms with Crippen molar-refractivity contribution >= 4 is 28.7 Å². The zero-order valence-electron chi connectivity index (χ0n) is 15.3. The van der Waals surface area contributed by atoms with E-state index in [9.17, 15) is 4.79 Å². The first kappa shape index (κ1) is 17.4. The number of hydrogen-bond donors (Lipinski definition) is 2. The van der Waals surface area contributed by atoms with E-state index in [1.165, 1.54) is 4.90 Å². The van der Waals surface area contributed by atoms with Crippen LogP contribution in [0.25, 0.3) is 11.0 Å². The summed E-state index contributed by atoms with van der Waals surface area (Å²) in [5.74, 6) is 0.805. The Morgan fingerprint density at radius 2 is 2.07 bits per heavy atom. The molecule has 27 heavy (non-hydrogen) atoms. The van der Waals surface area contributed by atoms with Gasteiger partial charge in [-0.15, -0.1) is 0 Å². The number of aromatic nitrogens is 4. The zero-order valence-corrected chi connectivity index (χ0v) is 15.3. The highest BCUT2D eigenvalue weighted by molar-refractivity contribution is 5.98. The highest BCUT2D eigenvalue weighted by Gasteiger charge is 2.23. The fourth-order valence-corrected chi connectivity index (χ4v) is 3.31. The number of aromatic amines is 1. The minimum Gasteiger partial charge on any atom is -0.337 e. The lowest BCUT2D eigenvalue weighted by atomic mass is 9.97. The number of nitrogens with zero attached hydrogens (tertiary/aromatic N) is 5. The minimum atomic E-state index is -0.227. The smallest absolute Gasteiger partial charge is 0.328 e. The van der Waals surface area contributed by atoms with Gasteiger partial charge in [0.25, 0.3) is 0 Å². The summed E-state index contributed by atoms with van der Waals surface area (Å²) in [5.41, 5.74) is 1.25. The van der Waals surface area contributed by atoms with Crippen LogP contribution in [0, 0.1) is 5.92 Å². The number of rotatable bonds is 4. The van der Waals surface area contributed by atoms with Crippen LogP contribution < -0.4 is 10.2 Å². The van der Waals surface area contributed by atoms with Gasteiger partial charge >= 0.3 is 6.03 Å². The second-order valence-electron chi connectivity index (χ2n) is 6.94. The predicted molar refractivity (Wildman–Crippen MR) is 104 cm³/mol. The monoisotopic (exact) mass is 365 g/mol. The molecule has 1 aliphatic rings. The highest BCUT2D eigenvalue weighted by Crippen LogP contribution is 2.23. The minimum absolute atomic E-state index is 0.227. The van der Waals surface area contributed by atoms with Crippen molar-refractivity contribution in [3.8, 4) is 0 Å². The van der Waals surface area contributed by atoms with Crippen molar-refractivity contribution in [3.05, 3.63) is 42.7 Å². The average molecular weight is 365 g/mol. The molecule has 0 unspecified atom stereocenters. The molecule has 1 aliphatic heterocycles. The molecule has 0 radical (unpaired) electrons. The van der Waals surface area contributed by atoms with Gasteiger partial charge in [0.2, 0.25) is 5.95 Å². The molecule has 2 aromatic heterocycles. The number of carbonyl (C=O) groups excluding carboxylic acids is 1. The second-order valence-corrected chi connectivity index (χ2v) is 6.94. The summed E-state index contributed by atoms with van der Waals surface area (Å²) >= 11 is 0. The Morgan fingerprint density at radius 3 is 2.85 bits per heavy atom. The molecule has 4 rings (SSSR count). The number of urea groups is 1. The fraction of sp³-hybridized carbons (Fsp3) is 0.368. The maximum absolute atomic E-state index is 13.0. The lowest BCUT2D eigenvalue weighted by molar-refractivity contribution is 0.212. The van der Waals surface area contributed by atoms with Gasteiger partial charge < -0.3 is 10.2 Å². The summed E-state index contributed by atoms with van der Waals surface area (Å²) in [7, 11) is 2.13. The molecule has 1 fully saturated rings. The number of anilines is 2. The Bertz CT molecular complexity index is 903. The number of amides is 2. The fourth-order valence-electron chi connectivity index (χ4n) is 3.31. The highest BCUT2D eigenvalue weighted by atomic mass is 16.2. The number of nitrogens with one attached hydrogen (secondary N) is 2. The molecule has 3 aromatic rings. The van der Waals surface area contributed by atoms with E-state index in [1.807, 2.05) is 30.3 Å². The molecule has 0 spiro atoms. The maximum Gasteiger partial charge on any atom is 0.328 e. The van der Waals surface area contributed by atoms with Crippen LogP contribution >= 0.6 is 0 Å². The predicted octanol–water partition coefficient (Wildman–Crippen LogP) is 2.54. The van der Waals surface area contributed by atoms with E-state index in [0.717, 1.165) is 31.3 Å². The van der Waals surface area contributed by atoms with Crippen molar-refractivity contribution in [1.29, 1.82) is 0 Å². The molecule has 8 nitrogen and oxygen atoms in total. The Labute approximate surface area is 157 Å². The van der Waals surface area contributed by atoms with E-state index in [-0.39, 0.29) is 6.03 Å². The Hall–Kier alpha value is -3.00. The molecular weight excluding hydrogens is 342 g/mol. The zero-order chi connectivity index (χ0) is 18.6. The van der Waals surface area contributed by atoms with Crippen molar-refractivity contribution in [2.45, 2.75) is 12.8 Å². The van der Waals surface area contributed by atoms with Crippen LogP contribution in [0.1, 0.15) is 12.8 Å². The first-order chi connectivity index (χ1) is 13.2. The molecule has 140 valence electrons.